The van der Waals surface area contributed by atoms with Gasteiger partial charge in [-0.05, 0) is 116 Å². The van der Waals surface area contributed by atoms with Gasteiger partial charge in [-0.15, -0.1) is 0 Å². The summed E-state index contributed by atoms with van der Waals surface area (Å²) in [6.45, 7) is 14.6. The Morgan fingerprint density at radius 1 is 0.588 bits per heavy atom. The first-order valence-electron chi connectivity index (χ1n) is 25.0. The third-order valence-electron chi connectivity index (χ3n) is 14.2. The summed E-state index contributed by atoms with van der Waals surface area (Å²) in [4.78, 5) is 89.8. The predicted molar refractivity (Wildman–Crippen MR) is 281 cm³/mol. The molecule has 2 aliphatic heterocycles. The lowest BCUT2D eigenvalue weighted by Gasteiger charge is -2.47. The SMILES string of the molecule is CO[C@@H]1[C@@H](OC(=O)c2ccc(C)[nH]2)[C@@H](O)[C@H](Oc2ccc3c(=O)c(NC(=O)c4c[nH]c(C(=O)Nc5c(O)oc6c(C)c(O[C@H]7OC(C)(C)[C@@H](OC)[C@H](OC(=O)c8ccc(C)[nH]8)[C@@H]7O)ccc6c5=O)c4C)c(O)oc3c2C)OC1(C)C. The number of carbonyl (C=O) groups excluding carboxylic acids is 4. The third-order valence-corrected chi connectivity index (χ3v) is 14.2. The zero-order valence-electron chi connectivity index (χ0n) is 45.1. The number of aryl methyl sites for hydroxylation is 4. The molecule has 9 N–H and O–H groups in total. The molecule has 424 valence electrons. The summed E-state index contributed by atoms with van der Waals surface area (Å²) >= 11 is 0. The molecule has 2 aliphatic rings. The van der Waals surface area contributed by atoms with E-state index in [9.17, 15) is 49.2 Å². The molecule has 7 heterocycles. The van der Waals surface area contributed by atoms with Crippen LogP contribution in [0.25, 0.3) is 21.9 Å². The van der Waals surface area contributed by atoms with Gasteiger partial charge in [0.05, 0.1) is 27.5 Å². The van der Waals surface area contributed by atoms with Gasteiger partial charge in [-0.3, -0.25) is 19.2 Å². The number of nitrogens with one attached hydrogen (secondary N) is 5. The van der Waals surface area contributed by atoms with Crippen LogP contribution in [-0.2, 0) is 28.4 Å². The standard InChI is InChI=1S/C55H59N5O20/c1-21-12-16-29(57-21)48(67)77-42-38(63)52(79-54(6,7)44(42)71-10)73-31-18-14-26-36(61)34(50(69)75-40(26)24(31)4)59-46(65)28-20-56-33(23(28)3)47(66)60-35-37(62)27-15-19-32(25(5)41(27)76-51(35)70)74-53-39(64)43(45(72-11)55(8,9)80-53)78-49(68)30-17-13-22(2)58-30/h12-20,38-39,42-45,52-53,56-58,63-64,69-70H,1-11H3,(H,59,65)(H,60,66)/t38-,39+,42+,43-,44-,45+,52-,53+/m1/s1. The van der Waals surface area contributed by atoms with Crippen LogP contribution in [-0.4, -0.2) is 134 Å². The minimum absolute atomic E-state index is 0.0247. The highest BCUT2D eigenvalue weighted by molar-refractivity contribution is 6.11. The maximum absolute atomic E-state index is 13.9. The Labute approximate surface area is 454 Å². The smallest absolute Gasteiger partial charge is 0.355 e. The average molecular weight is 1110 g/mol. The van der Waals surface area contributed by atoms with Crippen molar-refractivity contribution in [3.8, 4) is 23.4 Å². The molecule has 0 aliphatic carbocycles. The van der Waals surface area contributed by atoms with Crippen molar-refractivity contribution in [2.45, 2.75) is 123 Å². The number of hydrogen-bond donors (Lipinski definition) is 9. The molecule has 2 amide bonds. The Morgan fingerprint density at radius 2 is 1.00 bits per heavy atom. The summed E-state index contributed by atoms with van der Waals surface area (Å²) in [7, 11) is 2.76. The van der Waals surface area contributed by atoms with Crippen LogP contribution in [0.3, 0.4) is 0 Å². The van der Waals surface area contributed by atoms with Crippen LogP contribution in [0, 0.1) is 34.6 Å². The number of aromatic hydroxyl groups is 2. The number of benzene rings is 2. The minimum atomic E-state index is -1.59. The van der Waals surface area contributed by atoms with Crippen LogP contribution in [0.4, 0.5) is 11.4 Å². The molecule has 0 saturated carbocycles. The number of ether oxygens (including phenoxy) is 8. The van der Waals surface area contributed by atoms with Gasteiger partial charge in [-0.1, -0.05) is 0 Å². The van der Waals surface area contributed by atoms with Crippen molar-refractivity contribution in [1.29, 1.82) is 0 Å². The average Bonchev–Trinajstić information content (AvgIpc) is 4.18. The first-order chi connectivity index (χ1) is 37.7. The number of fused-ring (bicyclic) bond motifs is 2. The summed E-state index contributed by atoms with van der Waals surface area (Å²) in [5.74, 6) is -5.33. The molecule has 80 heavy (non-hydrogen) atoms. The zero-order chi connectivity index (χ0) is 58.0. The number of aliphatic hydroxyl groups is 2. The normalized spacial score (nSPS) is 22.4. The monoisotopic (exact) mass is 1110 g/mol. The van der Waals surface area contributed by atoms with Gasteiger partial charge in [0.15, 0.2) is 35.8 Å². The molecular weight excluding hydrogens is 1050 g/mol. The lowest BCUT2D eigenvalue weighted by atomic mass is 9.89. The minimum Gasteiger partial charge on any atom is -0.479 e. The van der Waals surface area contributed by atoms with Gasteiger partial charge in [-0.2, -0.15) is 0 Å². The fourth-order valence-electron chi connectivity index (χ4n) is 10.0. The fourth-order valence-corrected chi connectivity index (χ4v) is 10.0. The van der Waals surface area contributed by atoms with Gasteiger partial charge in [-0.25, -0.2) is 9.59 Å². The Kier molecular flexibility index (Phi) is 15.0. The number of aliphatic hydroxyl groups excluding tert-OH is 2. The Morgan fingerprint density at radius 3 is 1.39 bits per heavy atom. The van der Waals surface area contributed by atoms with E-state index in [0.29, 0.717) is 11.4 Å². The molecule has 0 spiro atoms. The van der Waals surface area contributed by atoms with Gasteiger partial charge in [0, 0.05) is 42.9 Å². The molecule has 0 unspecified atom stereocenters. The highest BCUT2D eigenvalue weighted by atomic mass is 16.7. The van der Waals surface area contributed by atoms with Gasteiger partial charge < -0.3 is 92.7 Å². The maximum atomic E-state index is 13.9. The first kappa shape index (κ1) is 56.3. The molecule has 2 aromatic carbocycles. The zero-order valence-corrected chi connectivity index (χ0v) is 45.1. The van der Waals surface area contributed by atoms with E-state index in [-0.39, 0.29) is 72.8 Å². The molecule has 0 bridgehead atoms. The van der Waals surface area contributed by atoms with E-state index in [4.69, 9.17) is 46.7 Å². The third kappa shape index (κ3) is 10.2. The van der Waals surface area contributed by atoms with Gasteiger partial charge in [0.2, 0.25) is 23.4 Å². The van der Waals surface area contributed by atoms with E-state index < -0.39 is 118 Å². The first-order valence-corrected chi connectivity index (χ1v) is 25.0. The number of anilines is 2. The number of rotatable bonds is 14. The van der Waals surface area contributed by atoms with E-state index >= 15 is 0 Å². The van der Waals surface area contributed by atoms with Crippen LogP contribution in [0.5, 0.6) is 23.4 Å². The number of esters is 2. The largest absolute Gasteiger partial charge is 0.479 e. The van der Waals surface area contributed by atoms with Crippen molar-refractivity contribution in [1.82, 2.24) is 15.0 Å². The van der Waals surface area contributed by atoms with Crippen molar-refractivity contribution >= 4 is 57.1 Å². The van der Waals surface area contributed by atoms with Crippen LogP contribution in [0.1, 0.15) is 97.6 Å². The second-order valence-corrected chi connectivity index (χ2v) is 20.5. The molecule has 25 heteroatoms. The molecule has 5 aromatic heterocycles. The highest BCUT2D eigenvalue weighted by Gasteiger charge is 2.55. The van der Waals surface area contributed by atoms with Crippen LogP contribution >= 0.6 is 0 Å². The number of hydrogen-bond acceptors (Lipinski definition) is 20. The Balaban J connectivity index is 0.890. The number of aromatic nitrogens is 3. The number of methoxy groups -OCH3 is 2. The molecule has 2 fully saturated rings. The van der Waals surface area contributed by atoms with E-state index in [1.165, 1.54) is 71.4 Å². The van der Waals surface area contributed by atoms with Crippen molar-refractivity contribution in [2.75, 3.05) is 24.9 Å². The van der Waals surface area contributed by atoms with Crippen molar-refractivity contribution in [2.24, 2.45) is 0 Å². The predicted octanol–water partition coefficient (Wildman–Crippen LogP) is 5.57. The number of carbonyl (C=O) groups is 4. The second-order valence-electron chi connectivity index (χ2n) is 20.5. The van der Waals surface area contributed by atoms with E-state index in [1.807, 2.05) is 0 Å². The Hall–Kier alpha value is -8.46. The van der Waals surface area contributed by atoms with Gasteiger partial charge in [0.25, 0.3) is 11.8 Å². The summed E-state index contributed by atoms with van der Waals surface area (Å²) in [5.41, 5.74) is -3.98. The lowest BCUT2D eigenvalue weighted by Crippen LogP contribution is -2.65. The van der Waals surface area contributed by atoms with Crippen molar-refractivity contribution in [3.05, 3.63) is 126 Å². The van der Waals surface area contributed by atoms with E-state index in [1.54, 1.807) is 53.7 Å². The lowest BCUT2D eigenvalue weighted by molar-refractivity contribution is -0.305. The molecule has 8 atom stereocenters. The second kappa shape index (κ2) is 21.3. The summed E-state index contributed by atoms with van der Waals surface area (Å²) in [5, 5.41) is 49.5. The van der Waals surface area contributed by atoms with Crippen molar-refractivity contribution < 1.29 is 86.3 Å². The Bertz CT molecular complexity index is 3480. The fraction of sp³-hybridized carbons (Fsp3) is 0.382. The van der Waals surface area contributed by atoms with Gasteiger partial charge in [0.1, 0.15) is 52.0 Å². The molecule has 7 aromatic rings. The molecule has 2 saturated heterocycles. The van der Waals surface area contributed by atoms with Crippen molar-refractivity contribution in [3.63, 3.8) is 0 Å². The van der Waals surface area contributed by atoms with E-state index in [0.717, 1.165) is 6.20 Å². The maximum Gasteiger partial charge on any atom is 0.355 e. The highest BCUT2D eigenvalue weighted by Crippen LogP contribution is 2.40. The molecule has 9 rings (SSSR count). The number of aromatic amines is 3. The summed E-state index contributed by atoms with van der Waals surface area (Å²) in [6, 6.07) is 11.8. The number of H-pyrrole nitrogens is 3. The molecule has 25 nitrogen and oxygen atoms in total. The van der Waals surface area contributed by atoms with Crippen LogP contribution in [0.15, 0.2) is 73.2 Å². The molecular formula is C55H59N5O20. The number of amides is 2. The quantitative estimate of drug-likeness (QED) is 0.0601. The van der Waals surface area contributed by atoms with Gasteiger partial charge >= 0.3 is 23.8 Å². The summed E-state index contributed by atoms with van der Waals surface area (Å²) in [6.07, 6.45) is -9.34. The topological polar surface area (TPSA) is 355 Å². The van der Waals surface area contributed by atoms with Crippen LogP contribution in [0.2, 0.25) is 0 Å². The van der Waals surface area contributed by atoms with Crippen LogP contribution < -0.4 is 31.0 Å². The molecule has 0 radical (unpaired) electrons. The van der Waals surface area contributed by atoms with E-state index in [2.05, 4.69) is 25.6 Å². The summed E-state index contributed by atoms with van der Waals surface area (Å²) < 4.78 is 58.5.